The quantitative estimate of drug-likeness (QED) is 0.154. The molecule has 22 aromatic carbocycles. The molecule has 30 rings (SSSR count). The zero-order valence-electron chi connectivity index (χ0n) is 69.6. The highest BCUT2D eigenvalue weighted by Crippen LogP contribution is 2.65. The van der Waals surface area contributed by atoms with E-state index in [1.807, 2.05) is 0 Å². The first-order valence-electron chi connectivity index (χ1n) is 45.7. The van der Waals surface area contributed by atoms with Gasteiger partial charge in [-0.15, -0.1) is 0 Å². The summed E-state index contributed by atoms with van der Waals surface area (Å²) in [6, 6.07) is 154. The fraction of sp³-hybridized carbons (Fsp3) is 0.0952. The molecule has 0 aromatic heterocycles. The Bertz CT molecular complexity index is 7810. The molecule has 22 aromatic rings. The molecule has 4 atom stereocenters. The normalized spacial score (nSPS) is 18.8. The van der Waals surface area contributed by atoms with Crippen LogP contribution in [0.15, 0.2) is 388 Å². The lowest BCUT2D eigenvalue weighted by Gasteiger charge is -2.29. The van der Waals surface area contributed by atoms with E-state index in [0.717, 1.165) is 51.4 Å². The van der Waals surface area contributed by atoms with E-state index in [9.17, 15) is 0 Å². The Morgan fingerprint density at radius 2 is 0.325 bits per heavy atom. The molecule has 0 fully saturated rings. The number of rotatable bonds is 4. The van der Waals surface area contributed by atoms with Gasteiger partial charge in [-0.2, -0.15) is 0 Å². The zero-order valence-corrected chi connectivity index (χ0v) is 69.6. The topological polar surface area (TPSA) is 0 Å². The maximum absolute atomic E-state index is 2.62. The standard InChI is InChI=1S/C126H80/c1-5-21-77-65-113-89(57-73(77)17-1)49-53-123(113)109-29-13-9-25-97(109)101-45-37-85(69-117(101)123)81-33-41-93-94-42-34-83(87-39-47-103-99-27-11-15-31-111(99)125(119(103)71-87)55-51-91-59-75-19-3-7-23-79(75)67-115(91)125)63-107(94)122-108-64-84(88-40-48-104-100-28-12-16-32-112(100)126(120(104)72-88)56-52-92-60-76-20-4-8-24-80(76)68-116(92)126)36-44-96(108)95-43-35-82(62-106(95)121(122)105(93)61-81)86-38-46-102-98-26-10-14-30-110(98)124(118(102)70-86)54-50-90-58-74-18-2-6-22-78(74)66-114(90)124/h1-48,57-72H,49-56H2. The highest BCUT2D eigenvalue weighted by molar-refractivity contribution is 6.40. The van der Waals surface area contributed by atoms with Crippen molar-refractivity contribution in [1.29, 1.82) is 0 Å². The first-order chi connectivity index (χ1) is 62.3. The van der Waals surface area contributed by atoms with Gasteiger partial charge in [-0.1, -0.05) is 315 Å². The Labute approximate surface area is 731 Å². The average Bonchev–Trinajstić information content (AvgIpc) is 1.55. The van der Waals surface area contributed by atoms with E-state index in [0.29, 0.717) is 0 Å². The van der Waals surface area contributed by atoms with Crippen LogP contribution in [0.4, 0.5) is 0 Å². The summed E-state index contributed by atoms with van der Waals surface area (Å²) >= 11 is 0. The van der Waals surface area contributed by atoms with Gasteiger partial charge in [0.1, 0.15) is 0 Å². The fourth-order valence-electron chi connectivity index (χ4n) is 27.3. The lowest BCUT2D eigenvalue weighted by molar-refractivity contribution is 0.626. The smallest absolute Gasteiger partial charge is 0.0469 e. The van der Waals surface area contributed by atoms with Crippen LogP contribution in [0.1, 0.15) is 115 Å². The van der Waals surface area contributed by atoms with E-state index < -0.39 is 0 Å². The predicted octanol–water partition coefficient (Wildman–Crippen LogP) is 31.8. The van der Waals surface area contributed by atoms with Crippen molar-refractivity contribution >= 4 is 97.0 Å². The van der Waals surface area contributed by atoms with Crippen molar-refractivity contribution in [2.45, 2.75) is 73.0 Å². The fourth-order valence-corrected chi connectivity index (χ4v) is 27.3. The van der Waals surface area contributed by atoms with E-state index in [-0.39, 0.29) is 21.7 Å². The predicted molar refractivity (Wildman–Crippen MR) is 526 cm³/mol. The second kappa shape index (κ2) is 24.6. The summed E-state index contributed by atoms with van der Waals surface area (Å²) in [6.45, 7) is 0. The molecule has 0 saturated carbocycles. The first kappa shape index (κ1) is 68.7. The molecule has 0 bridgehead atoms. The van der Waals surface area contributed by atoms with Crippen molar-refractivity contribution in [1.82, 2.24) is 0 Å². The summed E-state index contributed by atoms with van der Waals surface area (Å²) in [4.78, 5) is 0. The van der Waals surface area contributed by atoms with Crippen LogP contribution in [-0.4, -0.2) is 0 Å². The van der Waals surface area contributed by atoms with Gasteiger partial charge in [0.05, 0.1) is 0 Å². The number of benzene rings is 22. The van der Waals surface area contributed by atoms with E-state index in [2.05, 4.69) is 388 Å². The van der Waals surface area contributed by atoms with Crippen molar-refractivity contribution in [2.75, 3.05) is 0 Å². The van der Waals surface area contributed by atoms with Crippen molar-refractivity contribution < 1.29 is 0 Å². The van der Waals surface area contributed by atoms with E-state index in [1.54, 1.807) is 0 Å². The summed E-state index contributed by atoms with van der Waals surface area (Å²) in [6.07, 6.45) is 8.27. The SMILES string of the molecule is c1ccc2c(c1)-c1ccc(-c3ccc4c5ccc(-c6ccc7c(c6)C6(CCc8cc9ccccc9cc86)c6ccccc6-7)cc5c5c6cc(-c7ccc8c(c7)C7(CCc9cc%10ccccc%10cc97)c7ccccc7-8)ccc6c6ccc(-c7ccc8c(c7)C7(CCc9cc%10ccccc%10cc97)c7ccccc7-8)cc6c5c4c3)cc1C21CCc2cc3ccccc3cc21. The van der Waals surface area contributed by atoms with Crippen LogP contribution >= 0.6 is 0 Å². The summed E-state index contributed by atoms with van der Waals surface area (Å²) in [7, 11) is 0. The van der Waals surface area contributed by atoms with Gasteiger partial charge in [0.25, 0.3) is 0 Å². The number of hydrogen-bond donors (Lipinski definition) is 0. The van der Waals surface area contributed by atoms with Gasteiger partial charge < -0.3 is 0 Å². The second-order valence-corrected chi connectivity index (χ2v) is 38.1. The van der Waals surface area contributed by atoms with Gasteiger partial charge in [0.2, 0.25) is 0 Å². The Morgan fingerprint density at radius 1 is 0.135 bits per heavy atom. The van der Waals surface area contributed by atoms with Gasteiger partial charge in [-0.25, -0.2) is 0 Å². The Morgan fingerprint density at radius 3 is 0.563 bits per heavy atom. The average molecular weight is 1590 g/mol. The number of hydrogen-bond acceptors (Lipinski definition) is 0. The summed E-state index contributed by atoms with van der Waals surface area (Å²) in [5.74, 6) is 0. The van der Waals surface area contributed by atoms with Crippen LogP contribution in [0.25, 0.3) is 186 Å². The van der Waals surface area contributed by atoms with Crippen LogP contribution in [0.2, 0.25) is 0 Å². The monoisotopic (exact) mass is 1590 g/mol. The summed E-state index contributed by atoms with van der Waals surface area (Å²) in [5.41, 5.74) is 42.7. The molecule has 8 aliphatic carbocycles. The third-order valence-corrected chi connectivity index (χ3v) is 32.7. The van der Waals surface area contributed by atoms with Crippen molar-refractivity contribution in [3.8, 4) is 89.0 Å². The molecule has 584 valence electrons. The molecule has 8 aliphatic rings. The maximum atomic E-state index is 2.62. The molecule has 4 unspecified atom stereocenters. The van der Waals surface area contributed by atoms with Gasteiger partial charge in [-0.05, 0) is 399 Å². The second-order valence-electron chi connectivity index (χ2n) is 38.1. The van der Waals surface area contributed by atoms with Crippen molar-refractivity contribution in [3.05, 3.63) is 477 Å². The van der Waals surface area contributed by atoms with Gasteiger partial charge in [0.15, 0.2) is 0 Å². The molecule has 0 radical (unpaired) electrons. The Balaban J connectivity index is 0.686. The van der Waals surface area contributed by atoms with Crippen molar-refractivity contribution in [2.24, 2.45) is 0 Å². The molecule has 0 N–H and O–H groups in total. The van der Waals surface area contributed by atoms with Gasteiger partial charge in [0, 0.05) is 21.7 Å². The first-order valence-corrected chi connectivity index (χ1v) is 45.7. The molecule has 0 nitrogen and oxygen atoms in total. The van der Waals surface area contributed by atoms with Gasteiger partial charge in [-0.3, -0.25) is 0 Å². The molecule has 126 heavy (non-hydrogen) atoms. The maximum Gasteiger partial charge on any atom is 0.0469 e. The van der Waals surface area contributed by atoms with E-state index in [4.69, 9.17) is 0 Å². The minimum atomic E-state index is -0.281. The number of fused-ring (bicyclic) bond motifs is 43. The van der Waals surface area contributed by atoms with Gasteiger partial charge >= 0.3 is 0 Å². The third-order valence-electron chi connectivity index (χ3n) is 32.7. The molecule has 4 spiro atoms. The lowest BCUT2D eigenvalue weighted by Crippen LogP contribution is -2.23. The zero-order chi connectivity index (χ0) is 81.8. The van der Waals surface area contributed by atoms with Crippen LogP contribution in [0, 0.1) is 0 Å². The molecular formula is C126H80. The van der Waals surface area contributed by atoms with Crippen LogP contribution < -0.4 is 0 Å². The molecule has 0 aliphatic heterocycles. The third kappa shape index (κ3) is 8.79. The highest BCUT2D eigenvalue weighted by Gasteiger charge is 2.53. The lowest BCUT2D eigenvalue weighted by atomic mass is 9.72. The summed E-state index contributed by atoms with van der Waals surface area (Å²) < 4.78 is 0. The van der Waals surface area contributed by atoms with Crippen LogP contribution in [-0.2, 0) is 47.3 Å². The Kier molecular flexibility index (Phi) is 13.4. The summed E-state index contributed by atoms with van der Waals surface area (Å²) in [5, 5.41) is 23.2. The Hall–Kier alpha value is -14.8. The molecule has 0 amide bonds. The minimum Gasteiger partial charge on any atom is -0.0619 e. The molecule has 0 heteroatoms. The largest absolute Gasteiger partial charge is 0.0619 e. The molecule has 0 saturated heterocycles. The van der Waals surface area contributed by atoms with Crippen molar-refractivity contribution in [3.63, 3.8) is 0 Å². The molecular weight excluding hydrogens is 1510 g/mol. The van der Waals surface area contributed by atoms with Crippen LogP contribution in [0.3, 0.4) is 0 Å². The minimum absolute atomic E-state index is 0.281. The van der Waals surface area contributed by atoms with E-state index in [1.165, 1.54) is 275 Å². The van der Waals surface area contributed by atoms with Crippen LogP contribution in [0.5, 0.6) is 0 Å². The molecule has 0 heterocycles. The van der Waals surface area contributed by atoms with E-state index >= 15 is 0 Å². The number of aryl methyl sites for hydroxylation is 4. The highest BCUT2D eigenvalue weighted by atomic mass is 14.6.